The molecule has 1 fully saturated rings. The molecule has 3 N–H and O–H groups in total. The van der Waals surface area contributed by atoms with Gasteiger partial charge in [0.1, 0.15) is 23.7 Å². The Hall–Kier alpha value is -1.83. The average Bonchev–Trinajstić information content (AvgIpc) is 3.30. The number of halogens is 1. The third-order valence-electron chi connectivity index (χ3n) is 6.42. The number of rotatable bonds is 7. The van der Waals surface area contributed by atoms with Crippen molar-refractivity contribution in [2.45, 2.75) is 57.5 Å². The maximum atomic E-state index is 10.8. The van der Waals surface area contributed by atoms with E-state index in [-0.39, 0.29) is 12.5 Å². The Kier molecular flexibility index (Phi) is 7.27. The second-order valence-corrected chi connectivity index (χ2v) is 9.01. The first kappa shape index (κ1) is 23.3. The van der Waals surface area contributed by atoms with Gasteiger partial charge in [-0.3, -0.25) is 0 Å². The Morgan fingerprint density at radius 3 is 2.59 bits per heavy atom. The van der Waals surface area contributed by atoms with Crippen molar-refractivity contribution in [1.82, 2.24) is 0 Å². The Bertz CT molecular complexity index is 929. The molecule has 2 aromatic carbocycles. The molecule has 0 aromatic heterocycles. The smallest absolute Gasteiger partial charge is 0.141 e. The highest BCUT2D eigenvalue weighted by Gasteiger charge is 2.44. The molecule has 0 saturated carbocycles. The van der Waals surface area contributed by atoms with Gasteiger partial charge in [0.25, 0.3) is 0 Å². The van der Waals surface area contributed by atoms with E-state index in [2.05, 4.69) is 6.92 Å². The summed E-state index contributed by atoms with van der Waals surface area (Å²) in [5.41, 5.74) is 3.57. The summed E-state index contributed by atoms with van der Waals surface area (Å²) in [6.07, 6.45) is -1.27. The van der Waals surface area contributed by atoms with Crippen LogP contribution >= 0.6 is 11.6 Å². The van der Waals surface area contributed by atoms with Crippen LogP contribution < -0.4 is 9.47 Å². The molecule has 2 aliphatic rings. The van der Waals surface area contributed by atoms with Crippen molar-refractivity contribution in [1.29, 1.82) is 0 Å². The summed E-state index contributed by atoms with van der Waals surface area (Å²) in [5, 5.41) is 31.7. The summed E-state index contributed by atoms with van der Waals surface area (Å²) in [4.78, 5) is 0. The molecule has 0 radical (unpaired) electrons. The third-order valence-corrected chi connectivity index (χ3v) is 6.83. The summed E-state index contributed by atoms with van der Waals surface area (Å²) >= 11 is 6.72. The molecule has 174 valence electrons. The topological polar surface area (TPSA) is 88.4 Å². The SMILES string of the molecule is CCCOc1ccc(Cc2cc(C3OC(CO)C(C)C(O)C3O)c3c(c2Cl)OCC3)cc1. The quantitative estimate of drug-likeness (QED) is 0.584. The van der Waals surface area contributed by atoms with E-state index in [0.29, 0.717) is 36.8 Å². The third kappa shape index (κ3) is 4.47. The van der Waals surface area contributed by atoms with E-state index in [9.17, 15) is 15.3 Å². The number of ether oxygens (including phenoxy) is 3. The highest BCUT2D eigenvalue weighted by atomic mass is 35.5. The Morgan fingerprint density at radius 2 is 1.91 bits per heavy atom. The van der Waals surface area contributed by atoms with E-state index in [1.807, 2.05) is 30.3 Å². The van der Waals surface area contributed by atoms with Crippen molar-refractivity contribution in [2.24, 2.45) is 5.92 Å². The van der Waals surface area contributed by atoms with Gasteiger partial charge in [0.2, 0.25) is 0 Å². The fourth-order valence-electron chi connectivity index (χ4n) is 4.51. The van der Waals surface area contributed by atoms with Crippen LogP contribution in [0, 0.1) is 5.92 Å². The minimum Gasteiger partial charge on any atom is -0.494 e. The molecule has 5 atom stereocenters. The van der Waals surface area contributed by atoms with Crippen molar-refractivity contribution in [3.05, 3.63) is 57.6 Å². The largest absolute Gasteiger partial charge is 0.494 e. The summed E-state index contributed by atoms with van der Waals surface area (Å²) in [6, 6.07) is 9.85. The molecular weight excluding hydrogens is 432 g/mol. The maximum absolute atomic E-state index is 10.8. The summed E-state index contributed by atoms with van der Waals surface area (Å²) in [5.74, 6) is 1.07. The minimum atomic E-state index is -1.11. The van der Waals surface area contributed by atoms with Crippen LogP contribution in [0.15, 0.2) is 30.3 Å². The normalized spacial score (nSPS) is 27.1. The number of aliphatic hydroxyl groups is 3. The molecule has 4 rings (SSSR count). The monoisotopic (exact) mass is 462 g/mol. The molecule has 2 aromatic rings. The lowest BCUT2D eigenvalue weighted by molar-refractivity contribution is -0.207. The number of hydrogen-bond donors (Lipinski definition) is 3. The Labute approximate surface area is 193 Å². The van der Waals surface area contributed by atoms with Gasteiger partial charge in [-0.15, -0.1) is 0 Å². The van der Waals surface area contributed by atoms with Crippen molar-refractivity contribution in [2.75, 3.05) is 19.8 Å². The summed E-state index contributed by atoms with van der Waals surface area (Å²) in [6.45, 7) is 4.78. The van der Waals surface area contributed by atoms with Crippen LogP contribution in [0.2, 0.25) is 5.02 Å². The fourth-order valence-corrected chi connectivity index (χ4v) is 4.80. The van der Waals surface area contributed by atoms with Gasteiger partial charge in [-0.25, -0.2) is 0 Å². The zero-order valence-corrected chi connectivity index (χ0v) is 19.2. The Balaban J connectivity index is 1.66. The molecule has 0 aliphatic carbocycles. The molecule has 6 nitrogen and oxygen atoms in total. The average molecular weight is 463 g/mol. The van der Waals surface area contributed by atoms with Crippen LogP contribution in [-0.4, -0.2) is 53.5 Å². The van der Waals surface area contributed by atoms with E-state index < -0.39 is 24.4 Å². The van der Waals surface area contributed by atoms with E-state index >= 15 is 0 Å². The molecule has 32 heavy (non-hydrogen) atoms. The first-order valence-electron chi connectivity index (χ1n) is 11.3. The van der Waals surface area contributed by atoms with Crippen LogP contribution in [0.4, 0.5) is 0 Å². The molecular formula is C25H31ClO6. The highest BCUT2D eigenvalue weighted by Crippen LogP contribution is 2.45. The van der Waals surface area contributed by atoms with Gasteiger partial charge in [0.05, 0.1) is 37.1 Å². The van der Waals surface area contributed by atoms with Crippen molar-refractivity contribution in [3.63, 3.8) is 0 Å². The maximum Gasteiger partial charge on any atom is 0.141 e. The molecule has 2 aliphatic heterocycles. The molecule has 2 heterocycles. The first-order chi connectivity index (χ1) is 15.4. The molecule has 0 spiro atoms. The van der Waals surface area contributed by atoms with Crippen molar-refractivity contribution < 1.29 is 29.5 Å². The molecule has 5 unspecified atom stereocenters. The van der Waals surface area contributed by atoms with Crippen LogP contribution in [0.5, 0.6) is 11.5 Å². The molecule has 0 bridgehead atoms. The fraction of sp³-hybridized carbons (Fsp3) is 0.520. The minimum absolute atomic E-state index is 0.229. The van der Waals surface area contributed by atoms with E-state index in [4.69, 9.17) is 25.8 Å². The molecule has 0 amide bonds. The number of hydrogen-bond acceptors (Lipinski definition) is 6. The number of fused-ring (bicyclic) bond motifs is 1. The van der Waals surface area contributed by atoms with Gasteiger partial charge in [0, 0.05) is 17.9 Å². The lowest BCUT2D eigenvalue weighted by Crippen LogP contribution is -2.50. The van der Waals surface area contributed by atoms with E-state index in [0.717, 1.165) is 34.4 Å². The van der Waals surface area contributed by atoms with Gasteiger partial charge >= 0.3 is 0 Å². The zero-order chi connectivity index (χ0) is 22.8. The summed E-state index contributed by atoms with van der Waals surface area (Å²) in [7, 11) is 0. The zero-order valence-electron chi connectivity index (χ0n) is 18.5. The Morgan fingerprint density at radius 1 is 1.16 bits per heavy atom. The highest BCUT2D eigenvalue weighted by molar-refractivity contribution is 6.33. The van der Waals surface area contributed by atoms with Gasteiger partial charge < -0.3 is 29.5 Å². The lowest BCUT2D eigenvalue weighted by Gasteiger charge is -2.41. The van der Waals surface area contributed by atoms with Gasteiger partial charge in [0.15, 0.2) is 0 Å². The van der Waals surface area contributed by atoms with E-state index in [1.54, 1.807) is 6.92 Å². The van der Waals surface area contributed by atoms with Crippen LogP contribution in [0.25, 0.3) is 0 Å². The van der Waals surface area contributed by atoms with Crippen molar-refractivity contribution in [3.8, 4) is 11.5 Å². The second kappa shape index (κ2) is 9.98. The first-order valence-corrected chi connectivity index (χ1v) is 11.6. The molecule has 1 saturated heterocycles. The van der Waals surface area contributed by atoms with Crippen LogP contribution in [-0.2, 0) is 17.6 Å². The van der Waals surface area contributed by atoms with Crippen LogP contribution in [0.3, 0.4) is 0 Å². The van der Waals surface area contributed by atoms with Gasteiger partial charge in [-0.1, -0.05) is 43.6 Å². The number of benzene rings is 2. The van der Waals surface area contributed by atoms with E-state index in [1.165, 1.54) is 0 Å². The summed E-state index contributed by atoms with van der Waals surface area (Å²) < 4.78 is 17.6. The van der Waals surface area contributed by atoms with Gasteiger partial charge in [-0.05, 0) is 41.7 Å². The second-order valence-electron chi connectivity index (χ2n) is 8.63. The predicted octanol–water partition coefficient (Wildman–Crippen LogP) is 3.44. The lowest BCUT2D eigenvalue weighted by atomic mass is 9.83. The predicted molar refractivity (Wildman–Crippen MR) is 122 cm³/mol. The van der Waals surface area contributed by atoms with Gasteiger partial charge in [-0.2, -0.15) is 0 Å². The van der Waals surface area contributed by atoms with Crippen molar-refractivity contribution >= 4 is 11.6 Å². The molecule has 7 heteroatoms. The van der Waals surface area contributed by atoms with Crippen LogP contribution in [0.1, 0.15) is 48.6 Å². The standard InChI is InChI=1S/C25H31ClO6/c1-3-9-30-17-6-4-15(5-7-17)11-16-12-19(18-8-10-31-24(18)21(16)26)25-23(29)22(28)14(2)20(13-27)32-25/h4-7,12,14,20,22-23,25,27-29H,3,8-11,13H2,1-2H3. The number of aliphatic hydroxyl groups excluding tert-OH is 3.